The molecule has 0 saturated carbocycles. The van der Waals surface area contributed by atoms with Crippen LogP contribution in [-0.4, -0.2) is 19.2 Å². The third-order valence-corrected chi connectivity index (χ3v) is 4.04. The fourth-order valence-corrected chi connectivity index (χ4v) is 2.66. The molecular weight excluding hydrogens is 304 g/mol. The first kappa shape index (κ1) is 12.2. The number of methoxy groups -OCH3 is 2. The van der Waals surface area contributed by atoms with Gasteiger partial charge in [0.05, 0.1) is 14.2 Å². The summed E-state index contributed by atoms with van der Waals surface area (Å²) in [6.45, 7) is 0. The maximum absolute atomic E-state index is 5.70. The fourth-order valence-electron chi connectivity index (χ4n) is 1.41. The molecule has 1 aromatic carbocycles. The number of nitrogens with zero attached hydrogens (tertiary/aromatic N) is 1. The highest BCUT2D eigenvalue weighted by molar-refractivity contribution is 9.11. The molecule has 0 aliphatic heterocycles. The lowest BCUT2D eigenvalue weighted by Crippen LogP contribution is -1.91. The van der Waals surface area contributed by atoms with Crippen LogP contribution in [0, 0.1) is 0 Å². The van der Waals surface area contributed by atoms with Crippen molar-refractivity contribution < 1.29 is 9.47 Å². The van der Waals surface area contributed by atoms with Crippen LogP contribution in [-0.2, 0) is 0 Å². The zero-order chi connectivity index (χ0) is 12.4. The summed E-state index contributed by atoms with van der Waals surface area (Å²) in [6.07, 6.45) is 0. The molecule has 2 N–H and O–H groups in total. The van der Waals surface area contributed by atoms with Crippen molar-refractivity contribution in [1.29, 1.82) is 0 Å². The third-order valence-electron chi connectivity index (χ3n) is 2.24. The summed E-state index contributed by atoms with van der Waals surface area (Å²) in [4.78, 5) is 4.26. The van der Waals surface area contributed by atoms with Crippen molar-refractivity contribution in [2.75, 3.05) is 20.0 Å². The van der Waals surface area contributed by atoms with Crippen molar-refractivity contribution in [2.45, 2.75) is 0 Å². The lowest BCUT2D eigenvalue weighted by Gasteiger charge is -2.07. The van der Waals surface area contributed by atoms with Gasteiger partial charge in [0, 0.05) is 5.56 Å². The molecule has 90 valence electrons. The Bertz CT molecular complexity index is 523. The molecule has 6 heteroatoms. The predicted octanol–water partition coefficient (Wildman–Crippen LogP) is 3.17. The highest BCUT2D eigenvalue weighted by Crippen LogP contribution is 2.37. The molecule has 0 fully saturated rings. The number of benzene rings is 1. The second-order valence-corrected chi connectivity index (χ2v) is 5.56. The van der Waals surface area contributed by atoms with Crippen LogP contribution >= 0.6 is 27.3 Å². The average Bonchev–Trinajstić information content (AvgIpc) is 2.68. The summed E-state index contributed by atoms with van der Waals surface area (Å²) in [5.41, 5.74) is 6.65. The normalized spacial score (nSPS) is 10.3. The van der Waals surface area contributed by atoms with Crippen LogP contribution < -0.4 is 15.2 Å². The molecule has 2 aromatic rings. The number of halogens is 1. The van der Waals surface area contributed by atoms with E-state index in [4.69, 9.17) is 15.2 Å². The summed E-state index contributed by atoms with van der Waals surface area (Å²) in [5, 5.41) is 0.843. The highest BCUT2D eigenvalue weighted by atomic mass is 79.9. The van der Waals surface area contributed by atoms with E-state index in [2.05, 4.69) is 20.9 Å². The lowest BCUT2D eigenvalue weighted by atomic mass is 10.2. The van der Waals surface area contributed by atoms with Crippen LogP contribution in [0.15, 0.2) is 22.0 Å². The molecule has 0 atom stereocenters. The molecule has 0 amide bonds. The molecule has 1 heterocycles. The Morgan fingerprint density at radius 2 is 1.94 bits per heavy atom. The first-order chi connectivity index (χ1) is 8.15. The smallest absolute Gasteiger partial charge is 0.161 e. The van der Waals surface area contributed by atoms with Crippen molar-refractivity contribution in [3.8, 4) is 22.1 Å². The van der Waals surface area contributed by atoms with Gasteiger partial charge in [-0.05, 0) is 34.1 Å². The number of nitrogen functional groups attached to an aromatic ring is 1. The minimum Gasteiger partial charge on any atom is -0.493 e. The second-order valence-electron chi connectivity index (χ2n) is 3.25. The van der Waals surface area contributed by atoms with Gasteiger partial charge in [-0.2, -0.15) is 0 Å². The number of rotatable bonds is 3. The number of thiazole rings is 1. The van der Waals surface area contributed by atoms with Crippen molar-refractivity contribution in [3.63, 3.8) is 0 Å². The van der Waals surface area contributed by atoms with E-state index in [-0.39, 0.29) is 0 Å². The Balaban J connectivity index is 2.46. The fraction of sp³-hybridized carbons (Fsp3) is 0.182. The standard InChI is InChI=1S/C11H11BrN2O2S/c1-15-7-4-3-6(5-8(7)16-2)11-14-10(13)9(12)17-11/h3-5H,13H2,1-2H3. The van der Waals surface area contributed by atoms with Crippen molar-refractivity contribution in [3.05, 3.63) is 22.0 Å². The first-order valence-corrected chi connectivity index (χ1v) is 6.41. The zero-order valence-electron chi connectivity index (χ0n) is 9.36. The van der Waals surface area contributed by atoms with E-state index in [1.54, 1.807) is 14.2 Å². The predicted molar refractivity (Wildman–Crippen MR) is 72.8 cm³/mol. The van der Waals surface area contributed by atoms with Crippen LogP contribution in [0.3, 0.4) is 0 Å². The SMILES string of the molecule is COc1ccc(-c2nc(N)c(Br)s2)cc1OC. The van der Waals surface area contributed by atoms with Gasteiger partial charge >= 0.3 is 0 Å². The summed E-state index contributed by atoms with van der Waals surface area (Å²) < 4.78 is 11.3. The van der Waals surface area contributed by atoms with E-state index in [1.165, 1.54) is 11.3 Å². The third kappa shape index (κ3) is 2.37. The van der Waals surface area contributed by atoms with Crippen LogP contribution in [0.1, 0.15) is 0 Å². The van der Waals surface area contributed by atoms with Gasteiger partial charge in [0.15, 0.2) is 11.5 Å². The molecule has 0 aliphatic rings. The Hall–Kier alpha value is -1.27. The van der Waals surface area contributed by atoms with Gasteiger partial charge < -0.3 is 15.2 Å². The maximum Gasteiger partial charge on any atom is 0.161 e. The van der Waals surface area contributed by atoms with Gasteiger partial charge in [0.25, 0.3) is 0 Å². The van der Waals surface area contributed by atoms with Gasteiger partial charge in [-0.25, -0.2) is 4.98 Å². The Labute approximate surface area is 112 Å². The lowest BCUT2D eigenvalue weighted by molar-refractivity contribution is 0.355. The van der Waals surface area contributed by atoms with Gasteiger partial charge in [-0.1, -0.05) is 0 Å². The highest BCUT2D eigenvalue weighted by Gasteiger charge is 2.11. The molecule has 0 aliphatic carbocycles. The molecule has 4 nitrogen and oxygen atoms in total. The van der Waals surface area contributed by atoms with Crippen LogP contribution in [0.25, 0.3) is 10.6 Å². The topological polar surface area (TPSA) is 57.4 Å². The van der Waals surface area contributed by atoms with Crippen molar-refractivity contribution in [2.24, 2.45) is 0 Å². The molecule has 17 heavy (non-hydrogen) atoms. The molecule has 0 radical (unpaired) electrons. The first-order valence-electron chi connectivity index (χ1n) is 4.80. The molecule has 0 bridgehead atoms. The summed E-state index contributed by atoms with van der Waals surface area (Å²) in [5.74, 6) is 1.87. The second kappa shape index (κ2) is 4.93. The van der Waals surface area contributed by atoms with Gasteiger partial charge in [-0.3, -0.25) is 0 Å². The number of ether oxygens (including phenoxy) is 2. The van der Waals surface area contributed by atoms with E-state index >= 15 is 0 Å². The van der Waals surface area contributed by atoms with Gasteiger partial charge in [0.1, 0.15) is 14.6 Å². The molecule has 2 rings (SSSR count). The number of hydrogen-bond donors (Lipinski definition) is 1. The number of aromatic nitrogens is 1. The minimum absolute atomic E-state index is 0.500. The molecule has 1 aromatic heterocycles. The summed E-state index contributed by atoms with van der Waals surface area (Å²) in [6, 6.07) is 5.65. The molecule has 0 spiro atoms. The van der Waals surface area contributed by atoms with Gasteiger partial charge in [0.2, 0.25) is 0 Å². The van der Waals surface area contributed by atoms with Crippen LogP contribution in [0.2, 0.25) is 0 Å². The molecule has 0 unspecified atom stereocenters. The Morgan fingerprint density at radius 3 is 2.47 bits per heavy atom. The summed E-state index contributed by atoms with van der Waals surface area (Å²) >= 11 is 4.84. The van der Waals surface area contributed by atoms with E-state index in [0.717, 1.165) is 14.4 Å². The van der Waals surface area contributed by atoms with Crippen LogP contribution in [0.4, 0.5) is 5.82 Å². The molecule has 0 saturated heterocycles. The minimum atomic E-state index is 0.500. The maximum atomic E-state index is 5.70. The van der Waals surface area contributed by atoms with Crippen LogP contribution in [0.5, 0.6) is 11.5 Å². The Morgan fingerprint density at radius 1 is 1.24 bits per heavy atom. The van der Waals surface area contributed by atoms with E-state index < -0.39 is 0 Å². The summed E-state index contributed by atoms with van der Waals surface area (Å²) in [7, 11) is 3.21. The van der Waals surface area contributed by atoms with E-state index in [9.17, 15) is 0 Å². The number of anilines is 1. The largest absolute Gasteiger partial charge is 0.493 e. The van der Waals surface area contributed by atoms with E-state index in [1.807, 2.05) is 18.2 Å². The Kier molecular flexibility index (Phi) is 3.54. The quantitative estimate of drug-likeness (QED) is 0.945. The number of hydrogen-bond acceptors (Lipinski definition) is 5. The monoisotopic (exact) mass is 314 g/mol. The average molecular weight is 315 g/mol. The van der Waals surface area contributed by atoms with Crippen molar-refractivity contribution >= 4 is 33.1 Å². The van der Waals surface area contributed by atoms with Crippen molar-refractivity contribution in [1.82, 2.24) is 4.98 Å². The molecular formula is C11H11BrN2O2S. The van der Waals surface area contributed by atoms with E-state index in [0.29, 0.717) is 17.3 Å². The number of nitrogens with two attached hydrogens (primary N) is 1. The van der Waals surface area contributed by atoms with Gasteiger partial charge in [-0.15, -0.1) is 11.3 Å². The zero-order valence-corrected chi connectivity index (χ0v) is 11.8.